The first-order valence-corrected chi connectivity index (χ1v) is 5.86. The van der Waals surface area contributed by atoms with E-state index in [-0.39, 0.29) is 13.0 Å². The standard InChI is InChI=1S/C12H14N4O4/c1-19-9-4-3-8(7-10(9)20-2)12-13-14-15-16(12)6-5-11(17)18/h3-4,7H,5-6H2,1-2H3,(H,17,18). The van der Waals surface area contributed by atoms with E-state index in [0.717, 1.165) is 5.56 Å². The quantitative estimate of drug-likeness (QED) is 0.835. The second-order valence-corrected chi connectivity index (χ2v) is 3.94. The van der Waals surface area contributed by atoms with Crippen LogP contribution in [0.4, 0.5) is 0 Å². The van der Waals surface area contributed by atoms with Crippen LogP contribution in [-0.4, -0.2) is 45.5 Å². The third kappa shape index (κ3) is 2.85. The van der Waals surface area contributed by atoms with Gasteiger partial charge < -0.3 is 14.6 Å². The summed E-state index contributed by atoms with van der Waals surface area (Å²) in [6.07, 6.45) is -0.0503. The molecule has 0 aliphatic carbocycles. The minimum Gasteiger partial charge on any atom is -0.493 e. The Hall–Kier alpha value is -2.64. The lowest BCUT2D eigenvalue weighted by molar-refractivity contribution is -0.137. The number of carboxylic acid groups (broad SMARTS) is 1. The van der Waals surface area contributed by atoms with Gasteiger partial charge in [-0.1, -0.05) is 0 Å². The van der Waals surface area contributed by atoms with E-state index in [2.05, 4.69) is 15.5 Å². The summed E-state index contributed by atoms with van der Waals surface area (Å²) in [5.41, 5.74) is 0.720. The predicted octanol–water partition coefficient (Wildman–Crippen LogP) is 0.832. The average Bonchev–Trinajstić information content (AvgIpc) is 2.92. The van der Waals surface area contributed by atoms with Crippen molar-refractivity contribution in [3.63, 3.8) is 0 Å². The van der Waals surface area contributed by atoms with Crippen LogP contribution in [0.1, 0.15) is 6.42 Å². The summed E-state index contributed by atoms with van der Waals surface area (Å²) >= 11 is 0. The third-order valence-electron chi connectivity index (χ3n) is 2.71. The second kappa shape index (κ2) is 6.00. The Morgan fingerprint density at radius 2 is 2.05 bits per heavy atom. The second-order valence-electron chi connectivity index (χ2n) is 3.94. The zero-order valence-electron chi connectivity index (χ0n) is 11.1. The molecule has 0 radical (unpaired) electrons. The SMILES string of the molecule is COc1ccc(-c2nnnn2CCC(=O)O)cc1OC. The number of rotatable bonds is 6. The maximum atomic E-state index is 10.6. The van der Waals surface area contributed by atoms with Gasteiger partial charge >= 0.3 is 5.97 Å². The van der Waals surface area contributed by atoms with Gasteiger partial charge in [0.25, 0.3) is 0 Å². The van der Waals surface area contributed by atoms with Crippen LogP contribution in [0.25, 0.3) is 11.4 Å². The molecule has 0 fully saturated rings. The summed E-state index contributed by atoms with van der Waals surface area (Å²) in [6.45, 7) is 0.200. The molecule has 2 aromatic rings. The molecule has 0 amide bonds. The van der Waals surface area contributed by atoms with E-state index in [9.17, 15) is 4.79 Å². The molecular formula is C12H14N4O4. The maximum absolute atomic E-state index is 10.6. The van der Waals surface area contributed by atoms with E-state index in [1.165, 1.54) is 11.8 Å². The zero-order chi connectivity index (χ0) is 14.5. The maximum Gasteiger partial charge on any atom is 0.305 e. The van der Waals surface area contributed by atoms with Crippen molar-refractivity contribution >= 4 is 5.97 Å². The molecule has 0 saturated carbocycles. The van der Waals surface area contributed by atoms with E-state index in [0.29, 0.717) is 17.3 Å². The number of carbonyl (C=O) groups is 1. The van der Waals surface area contributed by atoms with Gasteiger partial charge in [-0.25, -0.2) is 4.68 Å². The lowest BCUT2D eigenvalue weighted by atomic mass is 10.2. The van der Waals surface area contributed by atoms with Gasteiger partial charge in [0.15, 0.2) is 17.3 Å². The summed E-state index contributed by atoms with van der Waals surface area (Å²) in [5, 5.41) is 20.0. The van der Waals surface area contributed by atoms with E-state index < -0.39 is 5.97 Å². The van der Waals surface area contributed by atoms with Crippen LogP contribution < -0.4 is 9.47 Å². The van der Waals surface area contributed by atoms with Crippen molar-refractivity contribution in [3.8, 4) is 22.9 Å². The molecule has 0 aliphatic heterocycles. The first kappa shape index (κ1) is 13.8. The Labute approximate surface area is 114 Å². The molecule has 0 atom stereocenters. The lowest BCUT2D eigenvalue weighted by Crippen LogP contribution is -2.07. The van der Waals surface area contributed by atoms with Gasteiger partial charge in [0.05, 0.1) is 27.2 Å². The van der Waals surface area contributed by atoms with E-state index in [1.54, 1.807) is 25.3 Å². The fourth-order valence-electron chi connectivity index (χ4n) is 1.74. The van der Waals surface area contributed by atoms with Crippen molar-refractivity contribution in [1.29, 1.82) is 0 Å². The number of hydrogen-bond acceptors (Lipinski definition) is 6. The average molecular weight is 278 g/mol. The number of nitrogens with zero attached hydrogens (tertiary/aromatic N) is 4. The number of aliphatic carboxylic acids is 1. The minimum absolute atomic E-state index is 0.0503. The number of hydrogen-bond donors (Lipinski definition) is 1. The monoisotopic (exact) mass is 278 g/mol. The molecule has 8 heteroatoms. The van der Waals surface area contributed by atoms with Crippen LogP contribution in [0.5, 0.6) is 11.5 Å². The molecule has 106 valence electrons. The smallest absolute Gasteiger partial charge is 0.305 e. The number of aryl methyl sites for hydroxylation is 1. The highest BCUT2D eigenvalue weighted by molar-refractivity contribution is 5.67. The van der Waals surface area contributed by atoms with Crippen LogP contribution in [0.3, 0.4) is 0 Å². The summed E-state index contributed by atoms with van der Waals surface area (Å²) < 4.78 is 11.8. The van der Waals surface area contributed by atoms with Crippen LogP contribution in [0, 0.1) is 0 Å². The number of aromatic nitrogens is 4. The first-order valence-electron chi connectivity index (χ1n) is 5.86. The molecule has 1 aromatic heterocycles. The molecule has 20 heavy (non-hydrogen) atoms. The van der Waals surface area contributed by atoms with Crippen LogP contribution in [-0.2, 0) is 11.3 Å². The molecule has 0 aliphatic rings. The Morgan fingerprint density at radius 3 is 2.70 bits per heavy atom. The summed E-state index contributed by atoms with van der Waals surface area (Å²) in [6, 6.07) is 5.26. The van der Waals surface area contributed by atoms with Gasteiger partial charge in [-0.3, -0.25) is 4.79 Å². The van der Waals surface area contributed by atoms with E-state index in [1.807, 2.05) is 0 Å². The number of methoxy groups -OCH3 is 2. The molecule has 0 saturated heterocycles. The number of carboxylic acids is 1. The normalized spacial score (nSPS) is 10.3. The summed E-state index contributed by atoms with van der Waals surface area (Å²) in [5.74, 6) is 0.726. The fraction of sp³-hybridized carbons (Fsp3) is 0.333. The minimum atomic E-state index is -0.904. The molecule has 1 N–H and O–H groups in total. The van der Waals surface area contributed by atoms with E-state index >= 15 is 0 Å². The highest BCUT2D eigenvalue weighted by Gasteiger charge is 2.13. The molecule has 2 rings (SSSR count). The van der Waals surface area contributed by atoms with Crippen molar-refractivity contribution in [2.24, 2.45) is 0 Å². The van der Waals surface area contributed by atoms with Gasteiger partial charge in [0.2, 0.25) is 0 Å². The number of tetrazole rings is 1. The van der Waals surface area contributed by atoms with Crippen molar-refractivity contribution in [1.82, 2.24) is 20.2 Å². The van der Waals surface area contributed by atoms with Crippen LogP contribution in [0.2, 0.25) is 0 Å². The predicted molar refractivity (Wildman–Crippen MR) is 68.6 cm³/mol. The first-order chi connectivity index (χ1) is 9.65. The highest BCUT2D eigenvalue weighted by atomic mass is 16.5. The Bertz CT molecular complexity index is 611. The highest BCUT2D eigenvalue weighted by Crippen LogP contribution is 2.31. The summed E-state index contributed by atoms with van der Waals surface area (Å²) in [4.78, 5) is 10.6. The number of benzene rings is 1. The van der Waals surface area contributed by atoms with Gasteiger partial charge in [-0.2, -0.15) is 0 Å². The summed E-state index contributed by atoms with van der Waals surface area (Å²) in [7, 11) is 3.09. The third-order valence-corrected chi connectivity index (χ3v) is 2.71. The van der Waals surface area contributed by atoms with Gasteiger partial charge in [-0.05, 0) is 28.6 Å². The van der Waals surface area contributed by atoms with Crippen LogP contribution >= 0.6 is 0 Å². The van der Waals surface area contributed by atoms with Gasteiger partial charge in [-0.15, -0.1) is 5.10 Å². The van der Waals surface area contributed by atoms with Crippen molar-refractivity contribution in [3.05, 3.63) is 18.2 Å². The topological polar surface area (TPSA) is 99.4 Å². The molecule has 0 unspecified atom stereocenters. The van der Waals surface area contributed by atoms with Crippen molar-refractivity contribution < 1.29 is 19.4 Å². The zero-order valence-corrected chi connectivity index (χ0v) is 11.1. The Balaban J connectivity index is 2.32. The molecule has 1 heterocycles. The molecule has 1 aromatic carbocycles. The fourth-order valence-corrected chi connectivity index (χ4v) is 1.74. The largest absolute Gasteiger partial charge is 0.493 e. The molecular weight excluding hydrogens is 264 g/mol. The van der Waals surface area contributed by atoms with Crippen molar-refractivity contribution in [2.75, 3.05) is 14.2 Å². The molecule has 0 spiro atoms. The van der Waals surface area contributed by atoms with Crippen molar-refractivity contribution in [2.45, 2.75) is 13.0 Å². The Kier molecular flexibility index (Phi) is 4.14. The van der Waals surface area contributed by atoms with Gasteiger partial charge in [0, 0.05) is 5.56 Å². The van der Waals surface area contributed by atoms with E-state index in [4.69, 9.17) is 14.6 Å². The molecule has 8 nitrogen and oxygen atoms in total. The Morgan fingerprint density at radius 1 is 1.30 bits per heavy atom. The van der Waals surface area contributed by atoms with Gasteiger partial charge in [0.1, 0.15) is 0 Å². The van der Waals surface area contributed by atoms with Crippen LogP contribution in [0.15, 0.2) is 18.2 Å². The lowest BCUT2D eigenvalue weighted by Gasteiger charge is -2.09. The molecule has 0 bridgehead atoms. The number of ether oxygens (including phenoxy) is 2.